The van der Waals surface area contributed by atoms with Crippen molar-refractivity contribution in [3.8, 4) is 5.75 Å². The quantitative estimate of drug-likeness (QED) is 0.245. The van der Waals surface area contributed by atoms with E-state index in [1.54, 1.807) is 24.3 Å². The summed E-state index contributed by atoms with van der Waals surface area (Å²) in [6.07, 6.45) is 5.43. The maximum absolute atomic E-state index is 9.17. The molecule has 0 amide bonds. The average molecular weight is 279 g/mol. The number of benzene rings is 1. The van der Waals surface area contributed by atoms with Crippen molar-refractivity contribution in [3.63, 3.8) is 0 Å². The first-order chi connectivity index (χ1) is 9.11. The second-order valence-corrected chi connectivity index (χ2v) is 4.78. The molecule has 0 unspecified atom stereocenters. The Balaban J connectivity index is 2.38. The number of amidine groups is 1. The number of aliphatic imine (C=N–C) groups is 1. The smallest absolute Gasteiger partial charge is 0.198 e. The maximum atomic E-state index is 9.17. The lowest BCUT2D eigenvalue weighted by Crippen LogP contribution is -2.16. The molecular formula is C14H21N3OS. The molecule has 0 bridgehead atoms. The molecule has 0 fully saturated rings. The third-order valence-electron chi connectivity index (χ3n) is 2.65. The number of phenols is 1. The standard InChI is InChI=1S/C14H21N3OS/c1-2-3-4-5-6-13(15)17-14(19)16-11-7-9-12(18)10-8-11/h7-10,18H,2-6H2,1H3,(H3,15,16,17,19). The normalized spacial score (nSPS) is 11.3. The minimum Gasteiger partial charge on any atom is -0.508 e. The Labute approximate surface area is 119 Å². The highest BCUT2D eigenvalue weighted by atomic mass is 32.1. The lowest BCUT2D eigenvalue weighted by Gasteiger charge is -2.05. The molecule has 1 aromatic rings. The number of thiocarbonyl (C=S) groups is 1. The molecule has 19 heavy (non-hydrogen) atoms. The first-order valence-corrected chi connectivity index (χ1v) is 6.95. The molecule has 0 heterocycles. The van der Waals surface area contributed by atoms with Gasteiger partial charge in [-0.1, -0.05) is 26.2 Å². The molecule has 1 rings (SSSR count). The van der Waals surface area contributed by atoms with Gasteiger partial charge in [0.25, 0.3) is 0 Å². The molecule has 0 aliphatic heterocycles. The fourth-order valence-electron chi connectivity index (χ4n) is 1.62. The van der Waals surface area contributed by atoms with Crippen molar-refractivity contribution in [3.05, 3.63) is 24.3 Å². The van der Waals surface area contributed by atoms with Gasteiger partial charge < -0.3 is 16.2 Å². The molecule has 0 aliphatic carbocycles. The molecule has 0 saturated carbocycles. The SMILES string of the molecule is CCCCCCC(N)=NC(=S)Nc1ccc(O)cc1. The summed E-state index contributed by atoms with van der Waals surface area (Å²) in [5, 5.41) is 12.5. The van der Waals surface area contributed by atoms with Crippen molar-refractivity contribution in [2.24, 2.45) is 10.7 Å². The predicted molar refractivity (Wildman–Crippen MR) is 84.7 cm³/mol. The van der Waals surface area contributed by atoms with E-state index in [2.05, 4.69) is 17.2 Å². The molecule has 104 valence electrons. The van der Waals surface area contributed by atoms with Crippen molar-refractivity contribution in [2.75, 3.05) is 5.32 Å². The number of hydrogen-bond donors (Lipinski definition) is 3. The summed E-state index contributed by atoms with van der Waals surface area (Å²) >= 11 is 5.11. The Bertz CT molecular complexity index is 429. The van der Waals surface area contributed by atoms with Crippen LogP contribution in [0.1, 0.15) is 39.0 Å². The van der Waals surface area contributed by atoms with Crippen molar-refractivity contribution in [1.29, 1.82) is 0 Å². The zero-order valence-electron chi connectivity index (χ0n) is 11.2. The summed E-state index contributed by atoms with van der Waals surface area (Å²) in [6, 6.07) is 6.63. The highest BCUT2D eigenvalue weighted by molar-refractivity contribution is 7.80. The Morgan fingerprint density at radius 3 is 2.58 bits per heavy atom. The van der Waals surface area contributed by atoms with Gasteiger partial charge in [0.05, 0.1) is 0 Å². The van der Waals surface area contributed by atoms with E-state index in [1.807, 2.05) is 0 Å². The fraction of sp³-hybridized carbons (Fsp3) is 0.429. The molecule has 4 N–H and O–H groups in total. The molecule has 0 spiro atoms. The third kappa shape index (κ3) is 6.76. The van der Waals surface area contributed by atoms with Crippen molar-refractivity contribution >= 4 is 28.9 Å². The number of nitrogens with zero attached hydrogens (tertiary/aromatic N) is 1. The number of rotatable bonds is 6. The van der Waals surface area contributed by atoms with Crippen LogP contribution in [-0.2, 0) is 0 Å². The van der Waals surface area contributed by atoms with Gasteiger partial charge in [0.2, 0.25) is 0 Å². The second-order valence-electron chi connectivity index (χ2n) is 4.39. The maximum Gasteiger partial charge on any atom is 0.198 e. The minimum atomic E-state index is 0.218. The van der Waals surface area contributed by atoms with Crippen LogP contribution in [0.3, 0.4) is 0 Å². The predicted octanol–water partition coefficient (Wildman–Crippen LogP) is 3.42. The van der Waals surface area contributed by atoms with Crippen LogP contribution in [0.4, 0.5) is 5.69 Å². The van der Waals surface area contributed by atoms with Gasteiger partial charge in [-0.3, -0.25) is 0 Å². The van der Waals surface area contributed by atoms with Crippen LogP contribution in [0.15, 0.2) is 29.3 Å². The summed E-state index contributed by atoms with van der Waals surface area (Å²) in [4.78, 5) is 4.14. The molecule has 0 aliphatic rings. The lowest BCUT2D eigenvalue weighted by molar-refractivity contribution is 0.475. The van der Waals surface area contributed by atoms with E-state index in [9.17, 15) is 0 Å². The van der Waals surface area contributed by atoms with E-state index in [1.165, 1.54) is 19.3 Å². The molecule has 0 aromatic heterocycles. The van der Waals surface area contributed by atoms with Crippen molar-refractivity contribution in [2.45, 2.75) is 39.0 Å². The highest BCUT2D eigenvalue weighted by Gasteiger charge is 1.99. The number of unbranched alkanes of at least 4 members (excludes halogenated alkanes) is 3. The Morgan fingerprint density at radius 1 is 1.26 bits per heavy atom. The number of phenolic OH excluding ortho intramolecular Hbond substituents is 1. The first kappa shape index (κ1) is 15.4. The van der Waals surface area contributed by atoms with Crippen LogP contribution < -0.4 is 11.1 Å². The number of anilines is 1. The fourth-order valence-corrected chi connectivity index (χ4v) is 1.85. The van der Waals surface area contributed by atoms with E-state index in [-0.39, 0.29) is 5.75 Å². The second kappa shape index (κ2) is 8.48. The van der Waals surface area contributed by atoms with Crippen molar-refractivity contribution < 1.29 is 5.11 Å². The number of nitrogens with one attached hydrogen (secondary N) is 1. The summed E-state index contributed by atoms with van der Waals surface area (Å²) in [5.41, 5.74) is 6.60. The molecule has 4 nitrogen and oxygen atoms in total. The zero-order valence-corrected chi connectivity index (χ0v) is 12.0. The van der Waals surface area contributed by atoms with Gasteiger partial charge in [0.1, 0.15) is 11.6 Å². The Hall–Kier alpha value is -1.62. The van der Waals surface area contributed by atoms with Gasteiger partial charge in [0, 0.05) is 12.1 Å². The molecular weight excluding hydrogens is 258 g/mol. The van der Waals surface area contributed by atoms with Crippen LogP contribution in [0.2, 0.25) is 0 Å². The lowest BCUT2D eigenvalue weighted by atomic mass is 10.1. The molecule has 0 atom stereocenters. The molecule has 1 aromatic carbocycles. The van der Waals surface area contributed by atoms with Gasteiger partial charge in [0.15, 0.2) is 5.11 Å². The summed E-state index contributed by atoms with van der Waals surface area (Å²) in [6.45, 7) is 2.17. The topological polar surface area (TPSA) is 70.6 Å². The van der Waals surface area contributed by atoms with Gasteiger partial charge in [-0.15, -0.1) is 0 Å². The Kier molecular flexibility index (Phi) is 6.89. The summed E-state index contributed by atoms with van der Waals surface area (Å²) < 4.78 is 0. The largest absolute Gasteiger partial charge is 0.508 e. The highest BCUT2D eigenvalue weighted by Crippen LogP contribution is 2.13. The van der Waals surface area contributed by atoms with Crippen LogP contribution in [0, 0.1) is 0 Å². The third-order valence-corrected chi connectivity index (χ3v) is 2.84. The van der Waals surface area contributed by atoms with Crippen LogP contribution >= 0.6 is 12.2 Å². The summed E-state index contributed by atoms with van der Waals surface area (Å²) in [5.74, 6) is 0.780. The van der Waals surface area contributed by atoms with Gasteiger partial charge in [-0.25, -0.2) is 4.99 Å². The van der Waals surface area contributed by atoms with Crippen LogP contribution in [0.25, 0.3) is 0 Å². The monoisotopic (exact) mass is 279 g/mol. The first-order valence-electron chi connectivity index (χ1n) is 6.55. The molecule has 0 radical (unpaired) electrons. The average Bonchev–Trinajstić information content (AvgIpc) is 2.37. The summed E-state index contributed by atoms with van der Waals surface area (Å²) in [7, 11) is 0. The molecule has 5 heteroatoms. The van der Waals surface area contributed by atoms with E-state index in [0.717, 1.165) is 18.5 Å². The van der Waals surface area contributed by atoms with Gasteiger partial charge in [-0.05, 0) is 42.9 Å². The van der Waals surface area contributed by atoms with E-state index < -0.39 is 0 Å². The van der Waals surface area contributed by atoms with Crippen molar-refractivity contribution in [1.82, 2.24) is 0 Å². The van der Waals surface area contributed by atoms with E-state index in [4.69, 9.17) is 23.1 Å². The van der Waals surface area contributed by atoms with Crippen LogP contribution in [0.5, 0.6) is 5.75 Å². The van der Waals surface area contributed by atoms with E-state index >= 15 is 0 Å². The van der Waals surface area contributed by atoms with Gasteiger partial charge >= 0.3 is 0 Å². The molecule has 0 saturated heterocycles. The number of aromatic hydroxyl groups is 1. The van der Waals surface area contributed by atoms with E-state index in [0.29, 0.717) is 10.9 Å². The van der Waals surface area contributed by atoms with Crippen LogP contribution in [-0.4, -0.2) is 16.1 Å². The minimum absolute atomic E-state index is 0.218. The Morgan fingerprint density at radius 2 is 1.95 bits per heavy atom. The number of hydrogen-bond acceptors (Lipinski definition) is 2. The zero-order chi connectivity index (χ0) is 14.1. The van der Waals surface area contributed by atoms with Gasteiger partial charge in [-0.2, -0.15) is 0 Å². The number of nitrogens with two attached hydrogens (primary N) is 1.